The molecule has 2 aliphatic heterocycles. The van der Waals surface area contributed by atoms with Gasteiger partial charge in [-0.3, -0.25) is 0 Å². The summed E-state index contributed by atoms with van der Waals surface area (Å²) in [6.07, 6.45) is -3.53. The molecule has 1 fully saturated rings. The molecule has 2 heterocycles. The number of benzene rings is 2. The zero-order valence-corrected chi connectivity index (χ0v) is 15.5. The minimum atomic E-state index is -4.33. The Morgan fingerprint density at radius 3 is 2.75 bits per heavy atom. The minimum Gasteiger partial charge on any atom is -0.493 e. The van der Waals surface area contributed by atoms with E-state index in [4.69, 9.17) is 14.2 Å². The maximum absolute atomic E-state index is 13.1. The molecule has 2 aromatic rings. The molecule has 2 aliphatic rings. The molecule has 0 amide bonds. The van der Waals surface area contributed by atoms with E-state index in [1.165, 1.54) is 12.1 Å². The van der Waals surface area contributed by atoms with Crippen molar-refractivity contribution in [3.63, 3.8) is 0 Å². The summed E-state index contributed by atoms with van der Waals surface area (Å²) in [7, 11) is 2.02. The van der Waals surface area contributed by atoms with Crippen molar-refractivity contribution < 1.29 is 27.4 Å². The Morgan fingerprint density at radius 2 is 1.93 bits per heavy atom. The largest absolute Gasteiger partial charge is 0.493 e. The van der Waals surface area contributed by atoms with Crippen LogP contribution in [0.15, 0.2) is 42.5 Å². The second kappa shape index (κ2) is 7.54. The fraction of sp³-hybridized carbons (Fsp3) is 0.429. The van der Waals surface area contributed by atoms with Crippen molar-refractivity contribution in [3.8, 4) is 17.2 Å². The van der Waals surface area contributed by atoms with Crippen molar-refractivity contribution in [1.82, 2.24) is 4.90 Å². The predicted molar refractivity (Wildman–Crippen MR) is 97.8 cm³/mol. The van der Waals surface area contributed by atoms with Gasteiger partial charge in [-0.15, -0.1) is 0 Å². The third kappa shape index (κ3) is 4.04. The maximum Gasteiger partial charge on any atom is 0.416 e. The third-order valence-corrected chi connectivity index (χ3v) is 5.39. The lowest BCUT2D eigenvalue weighted by Gasteiger charge is -2.37. The van der Waals surface area contributed by atoms with Gasteiger partial charge in [0.2, 0.25) is 6.79 Å². The fourth-order valence-electron chi connectivity index (χ4n) is 3.94. The molecule has 150 valence electrons. The summed E-state index contributed by atoms with van der Waals surface area (Å²) in [5.41, 5.74) is 0.126. The molecular formula is C21H22F3NO3. The van der Waals surface area contributed by atoms with Crippen LogP contribution in [0.3, 0.4) is 0 Å². The molecule has 2 atom stereocenters. The summed E-state index contributed by atoms with van der Waals surface area (Å²) >= 11 is 0. The molecule has 0 spiro atoms. The van der Waals surface area contributed by atoms with Gasteiger partial charge in [-0.2, -0.15) is 13.2 Å². The highest BCUT2D eigenvalue weighted by Gasteiger charge is 2.34. The summed E-state index contributed by atoms with van der Waals surface area (Å²) in [4.78, 5) is 2.19. The Morgan fingerprint density at radius 1 is 1.11 bits per heavy atom. The molecule has 0 bridgehead atoms. The van der Waals surface area contributed by atoms with Crippen LogP contribution < -0.4 is 14.2 Å². The van der Waals surface area contributed by atoms with Crippen LogP contribution >= 0.6 is 0 Å². The van der Waals surface area contributed by atoms with E-state index in [2.05, 4.69) is 4.90 Å². The van der Waals surface area contributed by atoms with Gasteiger partial charge in [0.25, 0.3) is 0 Å². The van der Waals surface area contributed by atoms with Gasteiger partial charge in [-0.05, 0) is 49.7 Å². The van der Waals surface area contributed by atoms with E-state index < -0.39 is 11.7 Å². The first-order valence-corrected chi connectivity index (χ1v) is 9.28. The zero-order valence-electron chi connectivity index (χ0n) is 15.5. The van der Waals surface area contributed by atoms with Crippen LogP contribution in [0.25, 0.3) is 0 Å². The van der Waals surface area contributed by atoms with E-state index in [0.29, 0.717) is 23.9 Å². The molecule has 0 aliphatic carbocycles. The van der Waals surface area contributed by atoms with Crippen LogP contribution in [0.2, 0.25) is 0 Å². The zero-order chi connectivity index (χ0) is 19.7. The summed E-state index contributed by atoms with van der Waals surface area (Å²) in [5.74, 6) is 2.11. The van der Waals surface area contributed by atoms with E-state index in [-0.39, 0.29) is 18.6 Å². The second-order valence-electron chi connectivity index (χ2n) is 7.37. The summed E-state index contributed by atoms with van der Waals surface area (Å²) in [6.45, 7) is 2.24. The number of hydrogen-bond donors (Lipinski definition) is 0. The number of fused-ring (bicyclic) bond motifs is 1. The van der Waals surface area contributed by atoms with Crippen molar-refractivity contribution >= 4 is 0 Å². The van der Waals surface area contributed by atoms with E-state index in [1.807, 2.05) is 13.1 Å². The lowest BCUT2D eigenvalue weighted by molar-refractivity contribution is -0.137. The summed E-state index contributed by atoms with van der Waals surface area (Å²) in [6, 6.07) is 11.1. The van der Waals surface area contributed by atoms with Crippen LogP contribution in [0.5, 0.6) is 17.2 Å². The monoisotopic (exact) mass is 393 g/mol. The fourth-order valence-corrected chi connectivity index (χ4v) is 3.94. The number of halogens is 3. The molecule has 2 aromatic carbocycles. The Hall–Kier alpha value is -2.41. The van der Waals surface area contributed by atoms with Crippen molar-refractivity contribution in [2.24, 2.45) is 5.92 Å². The van der Waals surface area contributed by atoms with E-state index in [1.54, 1.807) is 18.2 Å². The number of rotatable bonds is 4. The molecule has 4 nitrogen and oxygen atoms in total. The van der Waals surface area contributed by atoms with Crippen molar-refractivity contribution in [2.45, 2.75) is 18.5 Å². The van der Waals surface area contributed by atoms with Gasteiger partial charge in [-0.1, -0.05) is 18.2 Å². The average molecular weight is 393 g/mol. The molecule has 0 aromatic heterocycles. The third-order valence-electron chi connectivity index (χ3n) is 5.39. The average Bonchev–Trinajstić information content (AvgIpc) is 3.14. The molecule has 28 heavy (non-hydrogen) atoms. The molecule has 0 unspecified atom stereocenters. The Kier molecular flexibility index (Phi) is 5.10. The van der Waals surface area contributed by atoms with Crippen molar-refractivity contribution in [3.05, 3.63) is 53.6 Å². The highest BCUT2D eigenvalue weighted by atomic mass is 19.4. The Balaban J connectivity index is 1.50. The minimum absolute atomic E-state index is 0.0208. The standard InChI is InChI=1S/C21H22F3NO3/c1-25-8-7-18(14-3-2-4-16(9-14)21(22,23)24)15(11-25)12-26-17-5-6-19-20(10-17)28-13-27-19/h2-6,9-10,15,18H,7-8,11-13H2,1H3/t15-,18-/m1/s1. The number of ether oxygens (including phenoxy) is 3. The van der Waals surface area contributed by atoms with Crippen LogP contribution in [-0.4, -0.2) is 38.4 Å². The van der Waals surface area contributed by atoms with Gasteiger partial charge in [0.05, 0.1) is 12.2 Å². The smallest absolute Gasteiger partial charge is 0.416 e. The normalized spacial score (nSPS) is 22.3. The molecule has 0 saturated carbocycles. The molecule has 0 radical (unpaired) electrons. The summed E-state index contributed by atoms with van der Waals surface area (Å²) in [5, 5.41) is 0. The SMILES string of the molecule is CN1CC[C@H](c2cccc(C(F)(F)F)c2)[C@@H](COc2ccc3c(c2)OCO3)C1. The number of alkyl halides is 3. The van der Waals surface area contributed by atoms with Crippen LogP contribution in [-0.2, 0) is 6.18 Å². The lowest BCUT2D eigenvalue weighted by Crippen LogP contribution is -2.39. The number of piperidine rings is 1. The van der Waals surface area contributed by atoms with Gasteiger partial charge in [-0.25, -0.2) is 0 Å². The quantitative estimate of drug-likeness (QED) is 0.763. The van der Waals surface area contributed by atoms with Crippen LogP contribution in [0.1, 0.15) is 23.5 Å². The highest BCUT2D eigenvalue weighted by Crippen LogP contribution is 2.38. The molecule has 7 heteroatoms. The Bertz CT molecular complexity index is 840. The van der Waals surface area contributed by atoms with Gasteiger partial charge >= 0.3 is 6.18 Å². The Labute approximate surface area is 161 Å². The molecule has 0 N–H and O–H groups in total. The maximum atomic E-state index is 13.1. The second-order valence-corrected chi connectivity index (χ2v) is 7.37. The van der Waals surface area contributed by atoms with Gasteiger partial charge in [0.1, 0.15) is 5.75 Å². The number of hydrogen-bond acceptors (Lipinski definition) is 4. The van der Waals surface area contributed by atoms with Crippen LogP contribution in [0.4, 0.5) is 13.2 Å². The molecule has 1 saturated heterocycles. The van der Waals surface area contributed by atoms with Gasteiger partial charge in [0.15, 0.2) is 11.5 Å². The first kappa shape index (κ1) is 18.9. The molecule has 4 rings (SSSR count). The first-order valence-electron chi connectivity index (χ1n) is 9.28. The van der Waals surface area contributed by atoms with E-state index in [9.17, 15) is 13.2 Å². The van der Waals surface area contributed by atoms with Crippen molar-refractivity contribution in [1.29, 1.82) is 0 Å². The first-order chi connectivity index (χ1) is 13.4. The number of likely N-dealkylation sites (tertiary alicyclic amines) is 1. The lowest BCUT2D eigenvalue weighted by atomic mass is 9.80. The van der Waals surface area contributed by atoms with Crippen molar-refractivity contribution in [2.75, 3.05) is 33.5 Å². The topological polar surface area (TPSA) is 30.9 Å². The molecular weight excluding hydrogens is 371 g/mol. The highest BCUT2D eigenvalue weighted by molar-refractivity contribution is 5.46. The van der Waals surface area contributed by atoms with E-state index in [0.717, 1.165) is 31.1 Å². The summed E-state index contributed by atoms with van der Waals surface area (Å²) < 4.78 is 56.0. The number of nitrogens with zero attached hydrogens (tertiary/aromatic N) is 1. The van der Waals surface area contributed by atoms with Crippen LogP contribution in [0, 0.1) is 5.92 Å². The van der Waals surface area contributed by atoms with Gasteiger partial charge in [0, 0.05) is 18.5 Å². The van der Waals surface area contributed by atoms with E-state index >= 15 is 0 Å². The van der Waals surface area contributed by atoms with Gasteiger partial charge < -0.3 is 19.1 Å². The predicted octanol–water partition coefficient (Wildman–Crippen LogP) is 4.55.